The Bertz CT molecular complexity index is 456. The van der Waals surface area contributed by atoms with Gasteiger partial charge in [-0.25, -0.2) is 4.39 Å². The number of guanidine groups is 1. The van der Waals surface area contributed by atoms with Gasteiger partial charge in [-0.15, -0.1) is 0 Å². The van der Waals surface area contributed by atoms with Crippen LogP contribution in [0.3, 0.4) is 0 Å². The number of likely N-dealkylation sites (tertiary alicyclic amines) is 1. The molecule has 1 aromatic rings. The average Bonchev–Trinajstić information content (AvgIpc) is 2.43. The monoisotopic (exact) mass is 327 g/mol. The zero-order valence-corrected chi connectivity index (χ0v) is 12.5. The van der Waals surface area contributed by atoms with Gasteiger partial charge in [-0.05, 0) is 59.3 Å². The lowest BCUT2D eigenvalue weighted by molar-refractivity contribution is 0.338. The molecule has 0 amide bonds. The summed E-state index contributed by atoms with van der Waals surface area (Å²) >= 11 is 3.19. The first kappa shape index (κ1) is 14.3. The minimum Gasteiger partial charge on any atom is -0.370 e. The number of piperidine rings is 1. The molecule has 5 heteroatoms. The van der Waals surface area contributed by atoms with Crippen LogP contribution in [0.1, 0.15) is 24.8 Å². The van der Waals surface area contributed by atoms with Crippen molar-refractivity contribution >= 4 is 21.9 Å². The van der Waals surface area contributed by atoms with E-state index in [2.05, 4.69) is 25.8 Å². The SMILES string of the molecule is NC(=NCCc1ccc(F)c(Br)c1)N1CCCCC1. The van der Waals surface area contributed by atoms with E-state index in [1.807, 2.05) is 0 Å². The van der Waals surface area contributed by atoms with E-state index in [1.165, 1.54) is 25.3 Å². The van der Waals surface area contributed by atoms with Crippen LogP contribution in [0.15, 0.2) is 27.7 Å². The highest BCUT2D eigenvalue weighted by Gasteiger charge is 2.11. The number of nitrogens with two attached hydrogens (primary N) is 1. The van der Waals surface area contributed by atoms with Crippen LogP contribution in [0, 0.1) is 5.82 Å². The Kier molecular flexibility index (Phi) is 5.19. The molecule has 1 fully saturated rings. The van der Waals surface area contributed by atoms with Crippen LogP contribution in [-0.2, 0) is 6.42 Å². The van der Waals surface area contributed by atoms with Gasteiger partial charge >= 0.3 is 0 Å². The van der Waals surface area contributed by atoms with Crippen LogP contribution in [0.5, 0.6) is 0 Å². The van der Waals surface area contributed by atoms with E-state index in [-0.39, 0.29) is 5.82 Å². The van der Waals surface area contributed by atoms with E-state index >= 15 is 0 Å². The molecule has 0 aromatic heterocycles. The van der Waals surface area contributed by atoms with E-state index < -0.39 is 0 Å². The first-order valence-corrected chi connectivity index (χ1v) is 7.45. The lowest BCUT2D eigenvalue weighted by Crippen LogP contribution is -2.41. The highest BCUT2D eigenvalue weighted by molar-refractivity contribution is 9.10. The summed E-state index contributed by atoms with van der Waals surface area (Å²) in [6.45, 7) is 2.66. The van der Waals surface area contributed by atoms with E-state index in [0.29, 0.717) is 17.0 Å². The molecule has 0 radical (unpaired) electrons. The van der Waals surface area contributed by atoms with Gasteiger partial charge in [-0.3, -0.25) is 4.99 Å². The number of rotatable bonds is 3. The summed E-state index contributed by atoms with van der Waals surface area (Å²) in [5.41, 5.74) is 7.03. The smallest absolute Gasteiger partial charge is 0.191 e. The Labute approximate surface area is 121 Å². The predicted octanol–water partition coefficient (Wildman–Crippen LogP) is 2.93. The minimum atomic E-state index is -0.236. The Morgan fingerprint density at radius 3 is 2.74 bits per heavy atom. The third-order valence-electron chi connectivity index (χ3n) is 3.34. The maximum Gasteiger partial charge on any atom is 0.191 e. The molecule has 1 aliphatic heterocycles. The molecule has 19 heavy (non-hydrogen) atoms. The van der Waals surface area contributed by atoms with Gasteiger partial charge < -0.3 is 10.6 Å². The van der Waals surface area contributed by atoms with Crippen LogP contribution in [-0.4, -0.2) is 30.5 Å². The van der Waals surface area contributed by atoms with Crippen molar-refractivity contribution in [3.63, 3.8) is 0 Å². The number of halogens is 2. The second kappa shape index (κ2) is 6.89. The number of hydrogen-bond acceptors (Lipinski definition) is 1. The molecule has 2 N–H and O–H groups in total. The van der Waals surface area contributed by atoms with Crippen LogP contribution >= 0.6 is 15.9 Å². The molecule has 0 atom stereocenters. The Morgan fingerprint density at radius 2 is 2.05 bits per heavy atom. The summed E-state index contributed by atoms with van der Waals surface area (Å²) in [5.74, 6) is 0.404. The zero-order valence-electron chi connectivity index (χ0n) is 10.9. The van der Waals surface area contributed by atoms with Crippen LogP contribution in [0.2, 0.25) is 0 Å². The maximum absolute atomic E-state index is 13.1. The third-order valence-corrected chi connectivity index (χ3v) is 3.95. The van der Waals surface area contributed by atoms with Gasteiger partial charge in [0.05, 0.1) is 4.47 Å². The van der Waals surface area contributed by atoms with Crippen molar-refractivity contribution in [2.45, 2.75) is 25.7 Å². The highest BCUT2D eigenvalue weighted by atomic mass is 79.9. The molecule has 3 nitrogen and oxygen atoms in total. The summed E-state index contributed by atoms with van der Waals surface area (Å²) in [6.07, 6.45) is 4.45. The standard InChI is InChI=1S/C14H19BrFN3/c15-12-10-11(4-5-13(12)16)6-7-18-14(17)19-8-2-1-3-9-19/h4-5,10H,1-3,6-9H2,(H2,17,18). The number of benzene rings is 1. The quantitative estimate of drug-likeness (QED) is 0.685. The molecule has 0 unspecified atom stereocenters. The van der Waals surface area contributed by atoms with Crippen molar-refractivity contribution in [1.82, 2.24) is 4.90 Å². The van der Waals surface area contributed by atoms with Crippen molar-refractivity contribution in [2.75, 3.05) is 19.6 Å². The topological polar surface area (TPSA) is 41.6 Å². The number of aliphatic imine (C=N–C) groups is 1. The van der Waals surface area contributed by atoms with Crippen molar-refractivity contribution in [1.29, 1.82) is 0 Å². The predicted molar refractivity (Wildman–Crippen MR) is 79.7 cm³/mol. The van der Waals surface area contributed by atoms with Gasteiger partial charge in [0.15, 0.2) is 5.96 Å². The molecular formula is C14H19BrFN3. The Morgan fingerprint density at radius 1 is 1.32 bits per heavy atom. The Hall–Kier alpha value is -1.10. The molecule has 2 rings (SSSR count). The average molecular weight is 328 g/mol. The molecule has 1 aliphatic rings. The second-order valence-electron chi connectivity index (χ2n) is 4.79. The Balaban J connectivity index is 1.85. The van der Waals surface area contributed by atoms with E-state index in [0.717, 1.165) is 25.1 Å². The normalized spacial score (nSPS) is 16.7. The molecule has 0 aliphatic carbocycles. The fourth-order valence-corrected chi connectivity index (χ4v) is 2.64. The summed E-state index contributed by atoms with van der Waals surface area (Å²) in [6, 6.07) is 5.05. The number of nitrogens with zero attached hydrogens (tertiary/aromatic N) is 2. The highest BCUT2D eigenvalue weighted by Crippen LogP contribution is 2.17. The molecule has 1 heterocycles. The fourth-order valence-electron chi connectivity index (χ4n) is 2.22. The van der Waals surface area contributed by atoms with Gasteiger partial charge in [0.1, 0.15) is 5.82 Å². The van der Waals surface area contributed by atoms with Crippen LogP contribution < -0.4 is 5.73 Å². The van der Waals surface area contributed by atoms with Gasteiger partial charge in [0, 0.05) is 19.6 Å². The van der Waals surface area contributed by atoms with Crippen molar-refractivity contribution in [2.24, 2.45) is 10.7 Å². The molecular weight excluding hydrogens is 309 g/mol. The lowest BCUT2D eigenvalue weighted by atomic mass is 10.1. The van der Waals surface area contributed by atoms with Crippen LogP contribution in [0.25, 0.3) is 0 Å². The molecule has 0 spiro atoms. The number of hydrogen-bond donors (Lipinski definition) is 1. The molecule has 0 bridgehead atoms. The summed E-state index contributed by atoms with van der Waals surface area (Å²) in [5, 5.41) is 0. The lowest BCUT2D eigenvalue weighted by Gasteiger charge is -2.27. The van der Waals surface area contributed by atoms with Crippen molar-refractivity contribution in [3.05, 3.63) is 34.1 Å². The zero-order chi connectivity index (χ0) is 13.7. The maximum atomic E-state index is 13.1. The molecule has 1 saturated heterocycles. The minimum absolute atomic E-state index is 0.236. The second-order valence-corrected chi connectivity index (χ2v) is 5.64. The first-order valence-electron chi connectivity index (χ1n) is 6.65. The van der Waals surface area contributed by atoms with E-state index in [9.17, 15) is 4.39 Å². The van der Waals surface area contributed by atoms with Crippen LogP contribution in [0.4, 0.5) is 4.39 Å². The molecule has 104 valence electrons. The van der Waals surface area contributed by atoms with Crippen molar-refractivity contribution < 1.29 is 4.39 Å². The van der Waals surface area contributed by atoms with E-state index in [4.69, 9.17) is 5.73 Å². The largest absolute Gasteiger partial charge is 0.370 e. The van der Waals surface area contributed by atoms with Gasteiger partial charge in [0.25, 0.3) is 0 Å². The van der Waals surface area contributed by atoms with Gasteiger partial charge in [-0.1, -0.05) is 6.07 Å². The van der Waals surface area contributed by atoms with Gasteiger partial charge in [0.2, 0.25) is 0 Å². The summed E-state index contributed by atoms with van der Waals surface area (Å²) < 4.78 is 13.6. The van der Waals surface area contributed by atoms with Crippen molar-refractivity contribution in [3.8, 4) is 0 Å². The first-order chi connectivity index (χ1) is 9.16. The summed E-state index contributed by atoms with van der Waals surface area (Å²) in [7, 11) is 0. The third kappa shape index (κ3) is 4.20. The van der Waals surface area contributed by atoms with E-state index in [1.54, 1.807) is 12.1 Å². The fraction of sp³-hybridized carbons (Fsp3) is 0.500. The van der Waals surface area contributed by atoms with Gasteiger partial charge in [-0.2, -0.15) is 0 Å². The molecule has 1 aromatic carbocycles. The summed E-state index contributed by atoms with van der Waals surface area (Å²) in [4.78, 5) is 6.55. The molecule has 0 saturated carbocycles.